The molecule has 0 spiro atoms. The van der Waals surface area contributed by atoms with Crippen molar-refractivity contribution in [3.8, 4) is 5.75 Å². The van der Waals surface area contributed by atoms with Crippen LogP contribution in [-0.2, 0) is 9.53 Å². The van der Waals surface area contributed by atoms with E-state index in [9.17, 15) is 9.59 Å². The molecule has 3 rings (SSSR count). The van der Waals surface area contributed by atoms with Crippen LogP contribution in [0, 0.1) is 3.57 Å². The fourth-order valence-electron chi connectivity index (χ4n) is 3.05. The molecule has 0 saturated carbocycles. The molecule has 0 aliphatic heterocycles. The molecule has 1 atom stereocenters. The second-order valence-corrected chi connectivity index (χ2v) is 9.90. The van der Waals surface area contributed by atoms with E-state index in [0.717, 1.165) is 20.0 Å². The van der Waals surface area contributed by atoms with Crippen LogP contribution in [0.5, 0.6) is 5.75 Å². The molecule has 2 aromatic carbocycles. The van der Waals surface area contributed by atoms with Crippen LogP contribution < -0.4 is 10.3 Å². The maximum atomic E-state index is 13.2. The fraction of sp³-hybridized carbons (Fsp3) is 0.333. The Hall–Kier alpha value is -2.27. The highest BCUT2D eigenvalue weighted by molar-refractivity contribution is 14.1. The van der Waals surface area contributed by atoms with E-state index in [-0.39, 0.29) is 24.2 Å². The Bertz CT molecular complexity index is 1260. The third-order valence-electron chi connectivity index (χ3n) is 4.88. The normalized spacial score (nSPS) is 12.5. The second kappa shape index (κ2) is 11.2. The molecular formula is C24H25BrIN3O4. The van der Waals surface area contributed by atoms with Crippen molar-refractivity contribution in [1.82, 2.24) is 9.66 Å². The Balaban J connectivity index is 1.90. The first-order chi connectivity index (χ1) is 15.7. The standard InChI is InChI=1S/C24H25BrIN3O4/c1-5-15(4)23-28-20-8-7-17(25)11-18(20)24(31)29(23)27-12-16-6-9-21(19(26)10-16)32-13-22(30)33-14(2)3/h6-12,14-15H,5,13H2,1-4H3/t15-/m1/s1. The largest absolute Gasteiger partial charge is 0.481 e. The van der Waals surface area contributed by atoms with Crippen molar-refractivity contribution in [2.75, 3.05) is 6.61 Å². The van der Waals surface area contributed by atoms with Crippen LogP contribution >= 0.6 is 38.5 Å². The first-order valence-electron chi connectivity index (χ1n) is 10.6. The lowest BCUT2D eigenvalue weighted by Gasteiger charge is -2.14. The van der Waals surface area contributed by atoms with Gasteiger partial charge in [-0.15, -0.1) is 0 Å². The van der Waals surface area contributed by atoms with Gasteiger partial charge < -0.3 is 9.47 Å². The Morgan fingerprint density at radius 1 is 1.24 bits per heavy atom. The number of carbonyl (C=O) groups is 1. The predicted octanol–water partition coefficient (Wildman–Crippen LogP) is 5.49. The number of fused-ring (bicyclic) bond motifs is 1. The lowest BCUT2D eigenvalue weighted by Crippen LogP contribution is -2.23. The van der Waals surface area contributed by atoms with Crippen LogP contribution in [0.1, 0.15) is 51.4 Å². The summed E-state index contributed by atoms with van der Waals surface area (Å²) in [4.78, 5) is 29.6. The van der Waals surface area contributed by atoms with Gasteiger partial charge in [0.2, 0.25) is 0 Å². The molecule has 7 nitrogen and oxygen atoms in total. The van der Waals surface area contributed by atoms with E-state index >= 15 is 0 Å². The summed E-state index contributed by atoms with van der Waals surface area (Å²) in [6.45, 7) is 7.50. The number of nitrogens with zero attached hydrogens (tertiary/aromatic N) is 3. The quantitative estimate of drug-likeness (QED) is 0.188. The van der Waals surface area contributed by atoms with Crippen LogP contribution in [0.3, 0.4) is 0 Å². The minimum atomic E-state index is -0.418. The van der Waals surface area contributed by atoms with Crippen LogP contribution in [0.25, 0.3) is 10.9 Å². The summed E-state index contributed by atoms with van der Waals surface area (Å²) in [5.74, 6) is 0.832. The van der Waals surface area contributed by atoms with Gasteiger partial charge in [-0.1, -0.05) is 29.8 Å². The van der Waals surface area contributed by atoms with Gasteiger partial charge in [0.25, 0.3) is 5.56 Å². The van der Waals surface area contributed by atoms with Crippen molar-refractivity contribution in [3.63, 3.8) is 0 Å². The smallest absolute Gasteiger partial charge is 0.344 e. The van der Waals surface area contributed by atoms with E-state index < -0.39 is 5.97 Å². The Morgan fingerprint density at radius 2 is 2.00 bits per heavy atom. The van der Waals surface area contributed by atoms with Crippen molar-refractivity contribution in [1.29, 1.82) is 0 Å². The zero-order valence-electron chi connectivity index (χ0n) is 18.8. The second-order valence-electron chi connectivity index (χ2n) is 7.82. The summed E-state index contributed by atoms with van der Waals surface area (Å²) in [5, 5.41) is 4.99. The lowest BCUT2D eigenvalue weighted by molar-refractivity contribution is -0.149. The number of hydrogen-bond donors (Lipinski definition) is 0. The third-order valence-corrected chi connectivity index (χ3v) is 6.21. The number of benzene rings is 2. The van der Waals surface area contributed by atoms with E-state index in [1.807, 2.05) is 31.2 Å². The minimum absolute atomic E-state index is 0.0596. The molecule has 9 heteroatoms. The summed E-state index contributed by atoms with van der Waals surface area (Å²) < 4.78 is 13.6. The molecule has 3 aromatic rings. The van der Waals surface area contributed by atoms with Crippen molar-refractivity contribution >= 4 is 61.6 Å². The molecule has 174 valence electrons. The Morgan fingerprint density at radius 3 is 2.67 bits per heavy atom. The number of halogens is 2. The predicted molar refractivity (Wildman–Crippen MR) is 141 cm³/mol. The molecule has 1 aromatic heterocycles. The summed E-state index contributed by atoms with van der Waals surface area (Å²) in [7, 11) is 0. The zero-order chi connectivity index (χ0) is 24.1. The van der Waals surface area contributed by atoms with Crippen LogP contribution in [0.2, 0.25) is 0 Å². The number of rotatable bonds is 8. The molecule has 0 saturated heterocycles. The average molecular weight is 626 g/mol. The first kappa shape index (κ1) is 25.4. The molecule has 0 unspecified atom stereocenters. The molecule has 0 radical (unpaired) electrons. The maximum Gasteiger partial charge on any atom is 0.344 e. The summed E-state index contributed by atoms with van der Waals surface area (Å²) in [5.41, 5.74) is 1.22. The SMILES string of the molecule is CC[C@@H](C)c1nc2ccc(Br)cc2c(=O)n1N=Cc1ccc(OCC(=O)OC(C)C)c(I)c1. The van der Waals surface area contributed by atoms with Gasteiger partial charge in [-0.25, -0.2) is 9.78 Å². The highest BCUT2D eigenvalue weighted by Crippen LogP contribution is 2.23. The summed E-state index contributed by atoms with van der Waals surface area (Å²) >= 11 is 5.55. The van der Waals surface area contributed by atoms with Gasteiger partial charge in [0.05, 0.1) is 26.8 Å². The molecule has 0 aliphatic rings. The zero-order valence-corrected chi connectivity index (χ0v) is 22.6. The number of carbonyl (C=O) groups excluding carboxylic acids is 1. The number of hydrogen-bond acceptors (Lipinski definition) is 6. The molecule has 0 N–H and O–H groups in total. The number of esters is 1. The van der Waals surface area contributed by atoms with Crippen molar-refractivity contribution in [2.45, 2.75) is 46.1 Å². The van der Waals surface area contributed by atoms with Gasteiger partial charge in [-0.3, -0.25) is 4.79 Å². The van der Waals surface area contributed by atoms with Crippen LogP contribution in [-0.4, -0.2) is 34.6 Å². The number of aromatic nitrogens is 2. The average Bonchev–Trinajstić information content (AvgIpc) is 2.77. The van der Waals surface area contributed by atoms with Crippen molar-refractivity contribution in [3.05, 3.63) is 66.2 Å². The lowest BCUT2D eigenvalue weighted by atomic mass is 10.1. The van der Waals surface area contributed by atoms with Gasteiger partial charge in [0, 0.05) is 10.4 Å². The first-order valence-corrected chi connectivity index (χ1v) is 12.4. The highest BCUT2D eigenvalue weighted by atomic mass is 127. The molecule has 0 aliphatic carbocycles. The third kappa shape index (κ3) is 6.41. The number of ether oxygens (including phenoxy) is 2. The van der Waals surface area contributed by atoms with E-state index in [2.05, 4.69) is 50.5 Å². The van der Waals surface area contributed by atoms with Gasteiger partial charge in [0.15, 0.2) is 6.61 Å². The minimum Gasteiger partial charge on any atom is -0.481 e. The molecule has 0 amide bonds. The molecule has 0 fully saturated rings. The molecule has 1 heterocycles. The van der Waals surface area contributed by atoms with E-state index in [1.165, 1.54) is 4.68 Å². The molecule has 0 bridgehead atoms. The summed E-state index contributed by atoms with van der Waals surface area (Å²) in [6.07, 6.45) is 2.26. The van der Waals surface area contributed by atoms with E-state index in [4.69, 9.17) is 14.5 Å². The monoisotopic (exact) mass is 625 g/mol. The Kier molecular flexibility index (Phi) is 8.63. The molecule has 33 heavy (non-hydrogen) atoms. The van der Waals surface area contributed by atoms with Gasteiger partial charge in [-0.05, 0) is 84.8 Å². The highest BCUT2D eigenvalue weighted by Gasteiger charge is 2.16. The van der Waals surface area contributed by atoms with Gasteiger partial charge in [-0.2, -0.15) is 9.78 Å². The van der Waals surface area contributed by atoms with E-state index in [1.54, 1.807) is 32.2 Å². The van der Waals surface area contributed by atoms with Crippen molar-refractivity contribution < 1.29 is 14.3 Å². The maximum absolute atomic E-state index is 13.2. The Labute approximate surface area is 214 Å². The van der Waals surface area contributed by atoms with Gasteiger partial charge >= 0.3 is 5.97 Å². The van der Waals surface area contributed by atoms with Gasteiger partial charge in [0.1, 0.15) is 11.6 Å². The fourth-order valence-corrected chi connectivity index (χ4v) is 4.11. The summed E-state index contributed by atoms with van der Waals surface area (Å²) in [6, 6.07) is 10.9. The van der Waals surface area contributed by atoms with Crippen LogP contribution in [0.15, 0.2) is 50.8 Å². The topological polar surface area (TPSA) is 82.8 Å². The van der Waals surface area contributed by atoms with Crippen molar-refractivity contribution in [2.24, 2.45) is 5.10 Å². The van der Waals surface area contributed by atoms with Crippen LogP contribution in [0.4, 0.5) is 0 Å². The van der Waals surface area contributed by atoms with E-state index in [0.29, 0.717) is 22.5 Å². The molecular weight excluding hydrogens is 601 g/mol.